The molecule has 2 amide bonds. The second-order valence-electron chi connectivity index (χ2n) is 6.30. The number of hydrogen-bond acceptors (Lipinski definition) is 6. The molecule has 3 rings (SSSR count). The van der Waals surface area contributed by atoms with Crippen LogP contribution >= 0.6 is 0 Å². The van der Waals surface area contributed by atoms with Gasteiger partial charge in [0.15, 0.2) is 6.73 Å². The van der Waals surface area contributed by atoms with Gasteiger partial charge in [-0.15, -0.1) is 0 Å². The van der Waals surface area contributed by atoms with Gasteiger partial charge in [0, 0.05) is 7.05 Å². The Labute approximate surface area is 162 Å². The number of benzene rings is 2. The minimum Gasteiger partial charge on any atom is -0.443 e. The summed E-state index contributed by atoms with van der Waals surface area (Å²) in [4.78, 5) is 37.3. The van der Waals surface area contributed by atoms with Crippen molar-refractivity contribution in [3.05, 3.63) is 65.2 Å². The normalized spacial score (nSPS) is 13.8. The van der Waals surface area contributed by atoms with Crippen LogP contribution in [-0.2, 0) is 19.6 Å². The molecule has 2 aromatic rings. The molecule has 28 heavy (non-hydrogen) atoms. The third kappa shape index (κ3) is 3.67. The highest BCUT2D eigenvalue weighted by atomic mass is 32.2. The molecule has 1 heterocycles. The zero-order valence-corrected chi connectivity index (χ0v) is 16.1. The molecule has 0 radical (unpaired) electrons. The first-order chi connectivity index (χ1) is 13.2. The smallest absolute Gasteiger partial charge is 0.323 e. The van der Waals surface area contributed by atoms with E-state index in [4.69, 9.17) is 4.74 Å². The first kappa shape index (κ1) is 19.7. The van der Waals surface area contributed by atoms with Gasteiger partial charge >= 0.3 is 5.97 Å². The van der Waals surface area contributed by atoms with Crippen LogP contribution in [0.4, 0.5) is 0 Å². The fourth-order valence-corrected chi connectivity index (χ4v) is 3.81. The summed E-state index contributed by atoms with van der Waals surface area (Å²) in [6.45, 7) is 0.694. The first-order valence-electron chi connectivity index (χ1n) is 8.35. The summed E-state index contributed by atoms with van der Waals surface area (Å²) >= 11 is 0. The Morgan fingerprint density at radius 3 is 2.07 bits per heavy atom. The first-order valence-corrected chi connectivity index (χ1v) is 9.79. The Balaban J connectivity index is 1.61. The topological polar surface area (TPSA) is 101 Å². The van der Waals surface area contributed by atoms with Crippen LogP contribution in [-0.4, -0.2) is 55.7 Å². The molecule has 0 bridgehead atoms. The van der Waals surface area contributed by atoms with E-state index in [0.717, 1.165) is 14.8 Å². The van der Waals surface area contributed by atoms with E-state index in [2.05, 4.69) is 0 Å². The van der Waals surface area contributed by atoms with E-state index in [1.807, 2.05) is 6.92 Å². The maximum absolute atomic E-state index is 12.5. The lowest BCUT2D eigenvalue weighted by Crippen LogP contribution is -2.37. The molecule has 146 valence electrons. The van der Waals surface area contributed by atoms with Gasteiger partial charge < -0.3 is 4.74 Å². The molecule has 0 aliphatic carbocycles. The third-order valence-electron chi connectivity index (χ3n) is 4.31. The highest BCUT2D eigenvalue weighted by Gasteiger charge is 2.36. The van der Waals surface area contributed by atoms with Crippen LogP contribution in [0.2, 0.25) is 0 Å². The molecule has 2 aromatic carbocycles. The Hall–Kier alpha value is -3.04. The molecule has 0 saturated carbocycles. The van der Waals surface area contributed by atoms with Crippen molar-refractivity contribution in [1.82, 2.24) is 9.21 Å². The van der Waals surface area contributed by atoms with E-state index in [0.29, 0.717) is 0 Å². The number of hydrogen-bond donors (Lipinski definition) is 0. The molecule has 0 N–H and O–H groups in total. The van der Waals surface area contributed by atoms with Gasteiger partial charge in [-0.3, -0.25) is 14.4 Å². The fourth-order valence-electron chi connectivity index (χ4n) is 2.70. The lowest BCUT2D eigenvalue weighted by atomic mass is 10.1. The number of likely N-dealkylation sites (N-methyl/N-ethyl adjacent to an activating group) is 1. The monoisotopic (exact) mass is 402 g/mol. The molecular weight excluding hydrogens is 384 g/mol. The number of aryl methyl sites for hydroxylation is 1. The quantitative estimate of drug-likeness (QED) is 0.535. The van der Waals surface area contributed by atoms with Gasteiger partial charge in [-0.2, -0.15) is 4.31 Å². The van der Waals surface area contributed by atoms with E-state index in [9.17, 15) is 22.8 Å². The summed E-state index contributed by atoms with van der Waals surface area (Å²) in [5.41, 5.74) is 1.38. The van der Waals surface area contributed by atoms with Gasteiger partial charge in [0.05, 0.1) is 16.0 Å². The van der Waals surface area contributed by atoms with Crippen molar-refractivity contribution in [1.29, 1.82) is 0 Å². The van der Waals surface area contributed by atoms with E-state index in [-0.39, 0.29) is 16.0 Å². The largest absolute Gasteiger partial charge is 0.443 e. The number of carbonyl (C=O) groups is 3. The molecule has 9 heteroatoms. The lowest BCUT2D eigenvalue weighted by molar-refractivity contribution is -0.146. The van der Waals surface area contributed by atoms with Crippen LogP contribution in [0, 0.1) is 6.92 Å². The Bertz CT molecular complexity index is 1010. The maximum Gasteiger partial charge on any atom is 0.323 e. The standard InChI is InChI=1S/C19H18N2O6S/c1-13-7-9-14(10-8-13)28(25,26)20(2)11-17(22)27-12-21-18(23)15-5-3-4-6-16(15)19(21)24/h3-10H,11-12H2,1-2H3. The molecule has 1 aliphatic heterocycles. The van der Waals surface area contributed by atoms with E-state index < -0.39 is 41.1 Å². The van der Waals surface area contributed by atoms with Gasteiger partial charge in [0.25, 0.3) is 11.8 Å². The zero-order chi connectivity index (χ0) is 20.5. The third-order valence-corrected chi connectivity index (χ3v) is 6.13. The predicted octanol–water partition coefficient (Wildman–Crippen LogP) is 1.41. The summed E-state index contributed by atoms with van der Waals surface area (Å²) in [5.74, 6) is -2.00. The van der Waals surface area contributed by atoms with Crippen LogP contribution in [0.15, 0.2) is 53.4 Å². The highest BCUT2D eigenvalue weighted by molar-refractivity contribution is 7.89. The number of rotatable bonds is 6. The lowest BCUT2D eigenvalue weighted by Gasteiger charge is -2.18. The van der Waals surface area contributed by atoms with Gasteiger partial charge in [0.2, 0.25) is 10.0 Å². The average Bonchev–Trinajstić information content (AvgIpc) is 2.91. The Morgan fingerprint density at radius 1 is 1.00 bits per heavy atom. The molecule has 0 unspecified atom stereocenters. The van der Waals surface area contributed by atoms with Crippen molar-refractivity contribution < 1.29 is 27.5 Å². The van der Waals surface area contributed by atoms with Crippen LogP contribution in [0.5, 0.6) is 0 Å². The second-order valence-corrected chi connectivity index (χ2v) is 8.35. The minimum atomic E-state index is -3.87. The summed E-state index contributed by atoms with van der Waals surface area (Å²) in [6, 6.07) is 12.5. The van der Waals surface area contributed by atoms with Crippen LogP contribution in [0.25, 0.3) is 0 Å². The van der Waals surface area contributed by atoms with E-state index >= 15 is 0 Å². The van der Waals surface area contributed by atoms with Gasteiger partial charge in [-0.05, 0) is 31.2 Å². The number of sulfonamides is 1. The van der Waals surface area contributed by atoms with Crippen molar-refractivity contribution >= 4 is 27.8 Å². The molecule has 8 nitrogen and oxygen atoms in total. The molecule has 0 atom stereocenters. The van der Waals surface area contributed by atoms with Crippen molar-refractivity contribution in [2.24, 2.45) is 0 Å². The SMILES string of the molecule is Cc1ccc(S(=O)(=O)N(C)CC(=O)OCN2C(=O)c3ccccc3C2=O)cc1. The number of nitrogens with zero attached hydrogens (tertiary/aromatic N) is 2. The van der Waals surface area contributed by atoms with E-state index in [1.54, 1.807) is 24.3 Å². The number of imide groups is 1. The van der Waals surface area contributed by atoms with Crippen molar-refractivity contribution in [3.8, 4) is 0 Å². The number of esters is 1. The summed E-state index contributed by atoms with van der Waals surface area (Å²) < 4.78 is 30.8. The average molecular weight is 402 g/mol. The highest BCUT2D eigenvalue weighted by Crippen LogP contribution is 2.22. The second kappa shape index (κ2) is 7.53. The van der Waals surface area contributed by atoms with Crippen LogP contribution in [0.1, 0.15) is 26.3 Å². The number of amides is 2. The molecule has 0 aromatic heterocycles. The zero-order valence-electron chi connectivity index (χ0n) is 15.3. The molecule has 1 aliphatic rings. The van der Waals surface area contributed by atoms with Crippen LogP contribution in [0.3, 0.4) is 0 Å². The number of ether oxygens (including phenoxy) is 1. The number of fused-ring (bicyclic) bond motifs is 1. The van der Waals surface area contributed by atoms with Gasteiger partial charge in [0.1, 0.15) is 6.54 Å². The Kier molecular flexibility index (Phi) is 5.30. The van der Waals surface area contributed by atoms with Crippen molar-refractivity contribution in [2.45, 2.75) is 11.8 Å². The van der Waals surface area contributed by atoms with Crippen LogP contribution < -0.4 is 0 Å². The molecule has 0 spiro atoms. The summed E-state index contributed by atoms with van der Waals surface area (Å²) in [7, 11) is -2.62. The van der Waals surface area contributed by atoms with Crippen molar-refractivity contribution in [3.63, 3.8) is 0 Å². The van der Waals surface area contributed by atoms with E-state index in [1.165, 1.54) is 31.3 Å². The summed E-state index contributed by atoms with van der Waals surface area (Å²) in [5, 5.41) is 0. The predicted molar refractivity (Wildman–Crippen MR) is 98.9 cm³/mol. The molecular formula is C19H18N2O6S. The maximum atomic E-state index is 12.5. The minimum absolute atomic E-state index is 0.0498. The summed E-state index contributed by atoms with van der Waals surface area (Å²) in [6.07, 6.45) is 0. The molecule has 0 saturated heterocycles. The molecule has 0 fully saturated rings. The van der Waals surface area contributed by atoms with Gasteiger partial charge in [-0.25, -0.2) is 13.3 Å². The fraction of sp³-hybridized carbons (Fsp3) is 0.211. The van der Waals surface area contributed by atoms with Crippen molar-refractivity contribution in [2.75, 3.05) is 20.3 Å². The number of carbonyl (C=O) groups excluding carboxylic acids is 3. The Morgan fingerprint density at radius 2 is 1.54 bits per heavy atom. The van der Waals surface area contributed by atoms with Gasteiger partial charge in [-0.1, -0.05) is 29.8 Å².